The molecule has 0 saturated carbocycles. The molecule has 0 radical (unpaired) electrons. The first-order valence-corrected chi connectivity index (χ1v) is 32.9. The lowest BCUT2D eigenvalue weighted by Crippen LogP contribution is -2.65. The van der Waals surface area contributed by atoms with Gasteiger partial charge in [0.1, 0.15) is 107 Å². The molecule has 19 unspecified atom stereocenters. The number of carbonyl (C=O) groups excluding carboxylic acids is 5. The van der Waals surface area contributed by atoms with Gasteiger partial charge in [0.25, 0.3) is 0 Å². The number of hydrogen-bond donors (Lipinski definition) is 7. The summed E-state index contributed by atoms with van der Waals surface area (Å²) in [6.07, 6.45) is -1.16. The van der Waals surface area contributed by atoms with Crippen LogP contribution in [0.3, 0.4) is 0 Å². The number of thioether (sulfide) groups is 2. The van der Waals surface area contributed by atoms with Gasteiger partial charge in [0, 0.05) is 24.5 Å². The molecule has 4 saturated heterocycles. The molecule has 19 atom stereocenters. The third-order valence-electron chi connectivity index (χ3n) is 16.2. The van der Waals surface area contributed by atoms with E-state index in [-0.39, 0.29) is 45.7 Å². The Balaban J connectivity index is 0.00000101. The SMILES string of the molecule is C=CC(=O)c1c(OCC(=O)OC2C(O)C(SC)OC(C(NC)C(C)Cl)C2O)cccc1OCC(O)COc1cccc2oc(C(=O)OC3C(O)C(SC)OC(C(NC(=O)C4CC(CCC)CN4C)C(C)Cl)C3O)cc(=O)c12.CCCC1CC(C=O)N(C)C1. The molecule has 4 aliphatic rings. The zero-order valence-corrected chi connectivity index (χ0v) is 54.2. The van der Waals surface area contributed by atoms with Crippen molar-refractivity contribution < 1.29 is 87.1 Å². The molecule has 7 N–H and O–H groups in total. The molecule has 1 amide bonds. The lowest BCUT2D eigenvalue weighted by Gasteiger charge is -2.45. The summed E-state index contributed by atoms with van der Waals surface area (Å²) < 4.78 is 46.4. The number of fused-ring (bicyclic) bond motifs is 1. The number of nitrogens with one attached hydrogen (secondary N) is 2. The van der Waals surface area contributed by atoms with Crippen LogP contribution < -0.4 is 30.3 Å². The fourth-order valence-electron chi connectivity index (χ4n) is 11.7. The Bertz CT molecular complexity index is 2880. The normalized spacial score (nSPS) is 29.1. The van der Waals surface area contributed by atoms with Gasteiger partial charge in [-0.2, -0.15) is 0 Å². The number of allylic oxidation sites excluding steroid dienone is 1. The van der Waals surface area contributed by atoms with E-state index in [1.165, 1.54) is 49.2 Å². The number of esters is 2. The quantitative estimate of drug-likeness (QED) is 0.0176. The highest BCUT2D eigenvalue weighted by atomic mass is 35.5. The molecule has 5 heterocycles. The predicted molar refractivity (Wildman–Crippen MR) is 334 cm³/mol. The smallest absolute Gasteiger partial charge is 0.374 e. The number of ketones is 1. The molecular weight excluding hydrogens is 1230 g/mol. The lowest BCUT2D eigenvalue weighted by atomic mass is 9.92. The van der Waals surface area contributed by atoms with Gasteiger partial charge in [0.05, 0.1) is 29.5 Å². The zero-order valence-electron chi connectivity index (χ0n) is 51.1. The molecular formula is C61H86Cl2N4O19S2. The van der Waals surface area contributed by atoms with Gasteiger partial charge in [-0.15, -0.1) is 46.7 Å². The summed E-state index contributed by atoms with van der Waals surface area (Å²) in [6, 6.07) is 7.63. The van der Waals surface area contributed by atoms with Crippen LogP contribution in [-0.2, 0) is 33.3 Å². The van der Waals surface area contributed by atoms with E-state index in [0.717, 1.165) is 80.2 Å². The number of carbonyl (C=O) groups is 5. The number of aldehydes is 1. The van der Waals surface area contributed by atoms with Crippen molar-refractivity contribution in [2.24, 2.45) is 11.8 Å². The van der Waals surface area contributed by atoms with E-state index in [9.17, 15) is 54.3 Å². The fourth-order valence-corrected chi connectivity index (χ4v) is 13.5. The number of hydrogen-bond acceptors (Lipinski definition) is 24. The maximum absolute atomic E-state index is 13.7. The van der Waals surface area contributed by atoms with Crippen molar-refractivity contribution in [2.75, 3.05) is 66.6 Å². The predicted octanol–water partition coefficient (Wildman–Crippen LogP) is 4.17. The Morgan fingerprint density at radius 1 is 0.784 bits per heavy atom. The molecule has 0 bridgehead atoms. The number of aliphatic hydroxyl groups is 5. The first-order valence-electron chi connectivity index (χ1n) is 29.5. The molecule has 0 spiro atoms. The maximum atomic E-state index is 13.7. The topological polar surface area (TPSA) is 312 Å². The van der Waals surface area contributed by atoms with E-state index >= 15 is 0 Å². The Hall–Kier alpha value is -4.58. The summed E-state index contributed by atoms with van der Waals surface area (Å²) in [6.45, 7) is 11.3. The van der Waals surface area contributed by atoms with Crippen LogP contribution in [0, 0.1) is 11.8 Å². The van der Waals surface area contributed by atoms with Gasteiger partial charge in [0.15, 0.2) is 30.0 Å². The van der Waals surface area contributed by atoms with Gasteiger partial charge < -0.3 is 78.5 Å². The highest BCUT2D eigenvalue weighted by Gasteiger charge is 2.52. The number of halogens is 2. The minimum Gasteiger partial charge on any atom is -0.490 e. The molecule has 4 aliphatic heterocycles. The van der Waals surface area contributed by atoms with Gasteiger partial charge in [-0.05, 0) is 115 Å². The van der Waals surface area contributed by atoms with Gasteiger partial charge in [-0.25, -0.2) is 9.59 Å². The number of aliphatic hydroxyl groups excluding tert-OH is 5. The third-order valence-corrected chi connectivity index (χ3v) is 18.4. The number of ether oxygens (including phenoxy) is 7. The minimum atomic E-state index is -1.70. The molecule has 27 heteroatoms. The summed E-state index contributed by atoms with van der Waals surface area (Å²) >= 11 is 15.2. The second-order valence-electron chi connectivity index (χ2n) is 22.6. The third kappa shape index (κ3) is 18.1. The van der Waals surface area contributed by atoms with Crippen molar-refractivity contribution in [3.63, 3.8) is 0 Å². The molecule has 3 aromatic rings. The number of benzene rings is 2. The van der Waals surface area contributed by atoms with E-state index < -0.39 is 143 Å². The Morgan fingerprint density at radius 3 is 1.86 bits per heavy atom. The van der Waals surface area contributed by atoms with Gasteiger partial charge in [-0.3, -0.25) is 24.2 Å². The molecule has 7 rings (SSSR count). The largest absolute Gasteiger partial charge is 0.490 e. The molecule has 2 aromatic carbocycles. The first kappa shape index (κ1) is 72.5. The van der Waals surface area contributed by atoms with Crippen LogP contribution in [0.15, 0.2) is 64.3 Å². The number of alkyl halides is 2. The number of likely N-dealkylation sites (N-methyl/N-ethyl adjacent to an activating group) is 3. The van der Waals surface area contributed by atoms with Crippen molar-refractivity contribution in [3.05, 3.63) is 76.7 Å². The van der Waals surface area contributed by atoms with Crippen LogP contribution in [0.2, 0.25) is 0 Å². The number of nitrogens with zero attached hydrogens (tertiary/aromatic N) is 2. The standard InChI is InChI=1S/C52H69Cl2N3O18S2.C9H17NO/c1-9-13-26-18-28(57(6)20-26)49(66)56-40(25(4)54)46-42(63)48(44(65)52(75-46)77-8)73-50(67)35-19-30(60)38-33(16-12-17-34(38)71-35)69-22-27(58)21-68-31-14-11-15-32(37(31)29(59)10-2)70-23-36(61)72-47-41(62)45(39(55-5)24(3)53)74-51(76-7)43(47)64;1-3-4-8-5-9(7-11)10(2)6-8/h10-12,14-17,19,24-28,39-48,51-52,55,58,62-65H,2,9,13,18,20-23H2,1,3-8H3,(H,56,66);7-9H,3-6H2,1-2H3. The molecule has 4 fully saturated rings. The van der Waals surface area contributed by atoms with E-state index in [1.807, 2.05) is 19.0 Å². The number of likely N-dealkylation sites (tertiary alicyclic amines) is 2. The van der Waals surface area contributed by atoms with Gasteiger partial charge in [0.2, 0.25) is 11.7 Å². The van der Waals surface area contributed by atoms with Gasteiger partial charge >= 0.3 is 11.9 Å². The molecule has 1 aromatic heterocycles. The van der Waals surface area contributed by atoms with Crippen LogP contribution in [0.1, 0.15) is 87.1 Å². The maximum Gasteiger partial charge on any atom is 0.374 e. The average Bonchev–Trinajstić information content (AvgIpc) is 2.03. The average molecular weight is 1310 g/mol. The fraction of sp³-hybridized carbons (Fsp3) is 0.639. The van der Waals surface area contributed by atoms with E-state index in [2.05, 4.69) is 36.0 Å². The summed E-state index contributed by atoms with van der Waals surface area (Å²) in [7, 11) is 5.54. The second-order valence-corrected chi connectivity index (χ2v) is 25.9. The Morgan fingerprint density at radius 2 is 1.32 bits per heavy atom. The minimum absolute atomic E-state index is 0.0374. The molecule has 88 heavy (non-hydrogen) atoms. The van der Waals surface area contributed by atoms with Crippen molar-refractivity contribution in [3.8, 4) is 17.2 Å². The van der Waals surface area contributed by atoms with Crippen LogP contribution in [-0.4, -0.2) is 233 Å². The van der Waals surface area contributed by atoms with Crippen LogP contribution in [0.4, 0.5) is 0 Å². The Labute approximate surface area is 531 Å². The van der Waals surface area contributed by atoms with E-state index in [1.54, 1.807) is 33.4 Å². The second kappa shape index (κ2) is 34.2. The van der Waals surface area contributed by atoms with Crippen molar-refractivity contribution in [1.82, 2.24) is 20.4 Å². The van der Waals surface area contributed by atoms with E-state index in [4.69, 9.17) is 60.8 Å². The highest BCUT2D eigenvalue weighted by Crippen LogP contribution is 2.36. The summed E-state index contributed by atoms with van der Waals surface area (Å²) in [5.74, 6) is -2.82. The number of amides is 1. The molecule has 0 aliphatic carbocycles. The van der Waals surface area contributed by atoms with Crippen LogP contribution >= 0.6 is 46.7 Å². The lowest BCUT2D eigenvalue weighted by molar-refractivity contribution is -0.220. The summed E-state index contributed by atoms with van der Waals surface area (Å²) in [4.78, 5) is 82.0. The summed E-state index contributed by atoms with van der Waals surface area (Å²) in [5.41, 5.74) is -2.90. The highest BCUT2D eigenvalue weighted by molar-refractivity contribution is 7.99. The molecule has 23 nitrogen and oxygen atoms in total. The van der Waals surface area contributed by atoms with Crippen molar-refractivity contribution in [1.29, 1.82) is 0 Å². The number of rotatable bonds is 28. The Kier molecular flexibility index (Phi) is 28.2. The monoisotopic (exact) mass is 1310 g/mol. The van der Waals surface area contributed by atoms with Crippen LogP contribution in [0.5, 0.6) is 17.2 Å². The van der Waals surface area contributed by atoms with Crippen LogP contribution in [0.25, 0.3) is 11.0 Å². The molecule has 490 valence electrons. The first-order chi connectivity index (χ1) is 41.9. The summed E-state index contributed by atoms with van der Waals surface area (Å²) in [5, 5.41) is 60.5. The zero-order chi connectivity index (χ0) is 64.7. The van der Waals surface area contributed by atoms with Gasteiger partial charge in [-0.1, -0.05) is 45.4 Å². The van der Waals surface area contributed by atoms with E-state index in [0.29, 0.717) is 12.3 Å². The van der Waals surface area contributed by atoms with Crippen molar-refractivity contribution in [2.45, 2.75) is 167 Å². The van der Waals surface area contributed by atoms with Crippen molar-refractivity contribution >= 4 is 87.6 Å².